The highest BCUT2D eigenvalue weighted by Crippen LogP contribution is 2.15. The van der Waals surface area contributed by atoms with Gasteiger partial charge in [0.25, 0.3) is 5.91 Å². The van der Waals surface area contributed by atoms with Crippen molar-refractivity contribution in [2.75, 3.05) is 32.8 Å². The van der Waals surface area contributed by atoms with Gasteiger partial charge in [-0.1, -0.05) is 17.7 Å². The molecule has 1 amide bonds. The van der Waals surface area contributed by atoms with Crippen LogP contribution in [0.3, 0.4) is 0 Å². The SMILES string of the molecule is O=C(COc1ccc(Cl)cc1)N1CCN(Cc2cccnc2)CC1.O=C(O)C(=O)O. The van der Waals surface area contributed by atoms with Crippen LogP contribution in [0.5, 0.6) is 5.75 Å². The monoisotopic (exact) mass is 435 g/mol. The fourth-order valence-electron chi connectivity index (χ4n) is 2.67. The fourth-order valence-corrected chi connectivity index (χ4v) is 2.80. The third-order valence-electron chi connectivity index (χ3n) is 4.21. The number of carbonyl (C=O) groups excluding carboxylic acids is 1. The highest BCUT2D eigenvalue weighted by atomic mass is 35.5. The van der Waals surface area contributed by atoms with Crippen LogP contribution < -0.4 is 4.74 Å². The molecule has 2 N–H and O–H groups in total. The van der Waals surface area contributed by atoms with E-state index in [2.05, 4.69) is 16.0 Å². The summed E-state index contributed by atoms with van der Waals surface area (Å²) in [5.41, 5.74) is 1.20. The van der Waals surface area contributed by atoms with Crippen LogP contribution in [0.2, 0.25) is 5.02 Å². The van der Waals surface area contributed by atoms with Gasteiger partial charge in [-0.2, -0.15) is 0 Å². The minimum absolute atomic E-state index is 0.0194. The number of pyridine rings is 1. The van der Waals surface area contributed by atoms with Crippen molar-refractivity contribution < 1.29 is 29.3 Å². The number of hydrogen-bond donors (Lipinski definition) is 2. The number of carbonyl (C=O) groups is 3. The number of aliphatic carboxylic acids is 2. The number of amides is 1. The Kier molecular flexibility index (Phi) is 9.04. The molecule has 0 spiro atoms. The lowest BCUT2D eigenvalue weighted by atomic mass is 10.2. The summed E-state index contributed by atoms with van der Waals surface area (Å²) in [6.07, 6.45) is 3.66. The topological polar surface area (TPSA) is 120 Å². The maximum atomic E-state index is 12.2. The van der Waals surface area contributed by atoms with Crippen molar-refractivity contribution in [3.63, 3.8) is 0 Å². The second-order valence-corrected chi connectivity index (χ2v) is 6.81. The lowest BCUT2D eigenvalue weighted by Crippen LogP contribution is -2.49. The maximum absolute atomic E-state index is 12.2. The largest absolute Gasteiger partial charge is 0.484 e. The summed E-state index contributed by atoms with van der Waals surface area (Å²) in [5, 5.41) is 15.4. The first-order chi connectivity index (χ1) is 14.3. The first kappa shape index (κ1) is 23.1. The van der Waals surface area contributed by atoms with Gasteiger partial charge in [-0.15, -0.1) is 0 Å². The summed E-state index contributed by atoms with van der Waals surface area (Å²) in [4.78, 5) is 38.8. The van der Waals surface area contributed by atoms with E-state index in [4.69, 9.17) is 36.1 Å². The first-order valence-corrected chi connectivity index (χ1v) is 9.46. The van der Waals surface area contributed by atoms with E-state index in [-0.39, 0.29) is 12.5 Å². The van der Waals surface area contributed by atoms with Crippen LogP contribution in [0.1, 0.15) is 5.56 Å². The number of benzene rings is 1. The normalized spacial score (nSPS) is 13.7. The Morgan fingerprint density at radius 1 is 1.00 bits per heavy atom. The third-order valence-corrected chi connectivity index (χ3v) is 4.46. The molecule has 9 nitrogen and oxygen atoms in total. The average molecular weight is 436 g/mol. The average Bonchev–Trinajstić information content (AvgIpc) is 2.75. The summed E-state index contributed by atoms with van der Waals surface area (Å²) < 4.78 is 5.53. The van der Waals surface area contributed by atoms with Crippen LogP contribution >= 0.6 is 11.6 Å². The molecule has 0 radical (unpaired) electrons. The van der Waals surface area contributed by atoms with E-state index >= 15 is 0 Å². The van der Waals surface area contributed by atoms with Gasteiger partial charge in [0.2, 0.25) is 0 Å². The van der Waals surface area contributed by atoms with E-state index in [1.807, 2.05) is 17.2 Å². The number of hydrogen-bond acceptors (Lipinski definition) is 6. The Hall–Kier alpha value is -3.17. The molecule has 1 fully saturated rings. The Bertz CT molecular complexity index is 827. The number of halogens is 1. The van der Waals surface area contributed by atoms with E-state index in [1.54, 1.807) is 30.5 Å². The molecule has 1 aromatic carbocycles. The van der Waals surface area contributed by atoms with Gasteiger partial charge in [-0.05, 0) is 35.9 Å². The zero-order valence-electron chi connectivity index (χ0n) is 16.1. The standard InChI is InChI=1S/C18H20ClN3O2.C2H2O4/c19-16-3-5-17(6-4-16)24-14-18(23)22-10-8-21(9-11-22)13-15-2-1-7-20-12-15;3-1(4)2(5)6/h1-7,12H,8-11,13-14H2;(H,3,4)(H,5,6). The van der Waals surface area contributed by atoms with Gasteiger partial charge in [0.1, 0.15) is 5.75 Å². The minimum atomic E-state index is -1.82. The molecular formula is C20H22ClN3O6. The number of nitrogens with zero attached hydrogens (tertiary/aromatic N) is 3. The number of aromatic nitrogens is 1. The molecule has 1 saturated heterocycles. The fraction of sp³-hybridized carbons (Fsp3) is 0.300. The molecule has 160 valence electrons. The molecular weight excluding hydrogens is 414 g/mol. The molecule has 1 aliphatic heterocycles. The molecule has 2 aromatic rings. The second-order valence-electron chi connectivity index (χ2n) is 6.37. The van der Waals surface area contributed by atoms with E-state index in [0.29, 0.717) is 10.8 Å². The van der Waals surface area contributed by atoms with Gasteiger partial charge in [0.15, 0.2) is 6.61 Å². The van der Waals surface area contributed by atoms with Gasteiger partial charge < -0.3 is 19.8 Å². The first-order valence-electron chi connectivity index (χ1n) is 9.09. The molecule has 0 saturated carbocycles. The van der Waals surface area contributed by atoms with Crippen LogP contribution in [-0.2, 0) is 20.9 Å². The highest BCUT2D eigenvalue weighted by molar-refractivity contribution is 6.30. The van der Waals surface area contributed by atoms with Crippen LogP contribution in [-0.4, -0.2) is 75.6 Å². The van der Waals surface area contributed by atoms with E-state index in [1.165, 1.54) is 5.56 Å². The maximum Gasteiger partial charge on any atom is 0.414 e. The predicted octanol–water partition coefficient (Wildman–Crippen LogP) is 1.61. The zero-order chi connectivity index (χ0) is 21.9. The lowest BCUT2D eigenvalue weighted by molar-refractivity contribution is -0.159. The molecule has 0 atom stereocenters. The van der Waals surface area contributed by atoms with Crippen LogP contribution in [0.4, 0.5) is 0 Å². The van der Waals surface area contributed by atoms with Gasteiger partial charge in [-0.25, -0.2) is 9.59 Å². The Morgan fingerprint density at radius 3 is 2.17 bits per heavy atom. The van der Waals surface area contributed by atoms with Gasteiger partial charge in [-0.3, -0.25) is 14.7 Å². The molecule has 0 bridgehead atoms. The number of ether oxygens (including phenoxy) is 1. The molecule has 1 aliphatic rings. The summed E-state index contributed by atoms with van der Waals surface area (Å²) in [7, 11) is 0. The van der Waals surface area contributed by atoms with Gasteiger partial charge >= 0.3 is 11.9 Å². The highest BCUT2D eigenvalue weighted by Gasteiger charge is 2.21. The van der Waals surface area contributed by atoms with Gasteiger partial charge in [0.05, 0.1) is 0 Å². The molecule has 30 heavy (non-hydrogen) atoms. The molecule has 1 aromatic heterocycles. The molecule has 2 heterocycles. The van der Waals surface area contributed by atoms with Crippen molar-refractivity contribution in [1.29, 1.82) is 0 Å². The lowest BCUT2D eigenvalue weighted by Gasteiger charge is -2.34. The minimum Gasteiger partial charge on any atom is -0.484 e. The predicted molar refractivity (Wildman–Crippen MR) is 108 cm³/mol. The van der Waals surface area contributed by atoms with E-state index in [0.717, 1.165) is 32.7 Å². The molecule has 10 heteroatoms. The van der Waals surface area contributed by atoms with Crippen LogP contribution in [0.15, 0.2) is 48.8 Å². The van der Waals surface area contributed by atoms with Crippen molar-refractivity contribution in [3.05, 3.63) is 59.4 Å². The van der Waals surface area contributed by atoms with E-state index in [9.17, 15) is 4.79 Å². The third kappa shape index (κ3) is 8.06. The Morgan fingerprint density at radius 2 is 1.63 bits per heavy atom. The van der Waals surface area contributed by atoms with Crippen molar-refractivity contribution >= 4 is 29.4 Å². The summed E-state index contributed by atoms with van der Waals surface area (Å²) in [6, 6.07) is 11.0. The molecule has 0 aliphatic carbocycles. The van der Waals surface area contributed by atoms with Crippen molar-refractivity contribution in [1.82, 2.24) is 14.8 Å². The Balaban J connectivity index is 0.000000469. The second kappa shape index (κ2) is 11.7. The Labute approximate surface area is 178 Å². The summed E-state index contributed by atoms with van der Waals surface area (Å²) in [6.45, 7) is 4.11. The van der Waals surface area contributed by atoms with Crippen molar-refractivity contribution in [2.24, 2.45) is 0 Å². The zero-order valence-corrected chi connectivity index (χ0v) is 16.9. The van der Waals surface area contributed by atoms with E-state index < -0.39 is 11.9 Å². The number of piperazine rings is 1. The van der Waals surface area contributed by atoms with Crippen molar-refractivity contribution in [3.8, 4) is 5.75 Å². The quantitative estimate of drug-likeness (QED) is 0.679. The molecule has 0 unspecified atom stereocenters. The van der Waals surface area contributed by atoms with Crippen LogP contribution in [0, 0.1) is 0 Å². The number of carboxylic acid groups (broad SMARTS) is 2. The van der Waals surface area contributed by atoms with Gasteiger partial charge in [0, 0.05) is 50.1 Å². The van der Waals surface area contributed by atoms with Crippen molar-refractivity contribution in [2.45, 2.75) is 6.54 Å². The summed E-state index contributed by atoms with van der Waals surface area (Å²) >= 11 is 5.83. The number of rotatable bonds is 5. The molecule has 3 rings (SSSR count). The van der Waals surface area contributed by atoms with Crippen LogP contribution in [0.25, 0.3) is 0 Å². The number of carboxylic acids is 2. The summed E-state index contributed by atoms with van der Waals surface area (Å²) in [5.74, 6) is -2.97. The smallest absolute Gasteiger partial charge is 0.414 e.